The Kier molecular flexibility index (Phi) is 6.81. The van der Waals surface area contributed by atoms with E-state index in [-0.39, 0.29) is 24.2 Å². The van der Waals surface area contributed by atoms with Crippen LogP contribution in [0.15, 0.2) is 65.7 Å². The molecule has 0 radical (unpaired) electrons. The average molecular weight is 419 g/mol. The van der Waals surface area contributed by atoms with Gasteiger partial charge in [0.2, 0.25) is 5.91 Å². The van der Waals surface area contributed by atoms with E-state index in [1.807, 2.05) is 38.1 Å². The van der Waals surface area contributed by atoms with Gasteiger partial charge in [0.25, 0.3) is 5.56 Å². The van der Waals surface area contributed by atoms with Crippen LogP contribution in [0.25, 0.3) is 0 Å². The van der Waals surface area contributed by atoms with Crippen LogP contribution in [-0.4, -0.2) is 21.5 Å². The lowest BCUT2D eigenvalue weighted by atomic mass is 10.1. The van der Waals surface area contributed by atoms with E-state index in [4.69, 9.17) is 0 Å². The summed E-state index contributed by atoms with van der Waals surface area (Å²) >= 11 is 0. The van der Waals surface area contributed by atoms with Crippen molar-refractivity contribution in [3.63, 3.8) is 0 Å². The molecule has 3 amide bonds. The molecule has 0 aliphatic carbocycles. The van der Waals surface area contributed by atoms with Gasteiger partial charge in [0, 0.05) is 23.8 Å². The second kappa shape index (κ2) is 9.71. The number of rotatable bonds is 6. The fourth-order valence-corrected chi connectivity index (χ4v) is 3.12. The number of amides is 3. The molecule has 1 aromatic carbocycles. The Bertz CT molecular complexity index is 1140. The van der Waals surface area contributed by atoms with Gasteiger partial charge in [0.1, 0.15) is 12.2 Å². The highest BCUT2D eigenvalue weighted by Gasteiger charge is 2.15. The molecular formula is C23H25N5O3. The van der Waals surface area contributed by atoms with Crippen LogP contribution in [0.4, 0.5) is 16.2 Å². The highest BCUT2D eigenvalue weighted by Crippen LogP contribution is 2.12. The second-order valence-corrected chi connectivity index (χ2v) is 7.30. The summed E-state index contributed by atoms with van der Waals surface area (Å²) in [4.78, 5) is 41.7. The third kappa shape index (κ3) is 5.79. The first kappa shape index (κ1) is 21.8. The molecule has 0 saturated carbocycles. The summed E-state index contributed by atoms with van der Waals surface area (Å²) in [5, 5.41) is 8.12. The lowest BCUT2D eigenvalue weighted by molar-refractivity contribution is -0.122. The normalized spacial score (nSPS) is 11.5. The van der Waals surface area contributed by atoms with Crippen molar-refractivity contribution in [2.24, 2.45) is 0 Å². The maximum Gasteiger partial charge on any atom is 0.323 e. The summed E-state index contributed by atoms with van der Waals surface area (Å²) < 4.78 is 1.33. The predicted molar refractivity (Wildman–Crippen MR) is 120 cm³/mol. The van der Waals surface area contributed by atoms with Gasteiger partial charge in [-0.25, -0.2) is 4.79 Å². The van der Waals surface area contributed by atoms with Gasteiger partial charge < -0.3 is 20.5 Å². The second-order valence-electron chi connectivity index (χ2n) is 7.30. The Morgan fingerprint density at radius 2 is 1.87 bits per heavy atom. The lowest BCUT2D eigenvalue weighted by Gasteiger charge is -2.16. The number of pyridine rings is 2. The van der Waals surface area contributed by atoms with E-state index in [0.29, 0.717) is 11.4 Å². The molecule has 0 fully saturated rings. The number of anilines is 2. The minimum absolute atomic E-state index is 0.0869. The molecule has 0 saturated heterocycles. The van der Waals surface area contributed by atoms with Crippen molar-refractivity contribution in [2.45, 2.75) is 33.4 Å². The molecule has 160 valence electrons. The van der Waals surface area contributed by atoms with E-state index < -0.39 is 11.6 Å². The van der Waals surface area contributed by atoms with Crippen LogP contribution in [0.1, 0.15) is 29.8 Å². The maximum absolute atomic E-state index is 12.9. The van der Waals surface area contributed by atoms with Gasteiger partial charge in [-0.05, 0) is 62.2 Å². The molecule has 2 aromatic heterocycles. The zero-order valence-corrected chi connectivity index (χ0v) is 17.7. The van der Waals surface area contributed by atoms with Crippen molar-refractivity contribution in [1.82, 2.24) is 14.9 Å². The first-order valence-electron chi connectivity index (χ1n) is 9.88. The number of benzene rings is 1. The molecule has 8 heteroatoms. The van der Waals surface area contributed by atoms with Crippen LogP contribution in [-0.2, 0) is 11.3 Å². The zero-order chi connectivity index (χ0) is 22.4. The number of carbonyl (C=O) groups is 2. The molecular weight excluding hydrogens is 394 g/mol. The molecule has 0 aliphatic rings. The largest absolute Gasteiger partial charge is 0.348 e. The van der Waals surface area contributed by atoms with E-state index in [1.165, 1.54) is 10.6 Å². The summed E-state index contributed by atoms with van der Waals surface area (Å²) in [6.07, 6.45) is 3.34. The summed E-state index contributed by atoms with van der Waals surface area (Å²) in [6.45, 7) is 5.33. The Balaban J connectivity index is 1.69. The van der Waals surface area contributed by atoms with Gasteiger partial charge in [-0.1, -0.05) is 18.2 Å². The Morgan fingerprint density at radius 3 is 2.58 bits per heavy atom. The van der Waals surface area contributed by atoms with Crippen molar-refractivity contribution in [1.29, 1.82) is 0 Å². The molecule has 1 unspecified atom stereocenters. The molecule has 2 heterocycles. The van der Waals surface area contributed by atoms with Gasteiger partial charge in [0.05, 0.1) is 6.04 Å². The highest BCUT2D eigenvalue weighted by molar-refractivity contribution is 5.99. The number of aryl methyl sites for hydroxylation is 2. The molecule has 1 atom stereocenters. The summed E-state index contributed by atoms with van der Waals surface area (Å²) in [5.41, 5.74) is 2.73. The van der Waals surface area contributed by atoms with E-state index in [1.54, 1.807) is 37.5 Å². The molecule has 8 nitrogen and oxygen atoms in total. The first-order chi connectivity index (χ1) is 14.8. The summed E-state index contributed by atoms with van der Waals surface area (Å²) in [6, 6.07) is 13.4. The van der Waals surface area contributed by atoms with Crippen LogP contribution in [0.3, 0.4) is 0 Å². The monoisotopic (exact) mass is 419 g/mol. The summed E-state index contributed by atoms with van der Waals surface area (Å²) in [7, 11) is 0. The fourth-order valence-electron chi connectivity index (χ4n) is 3.12. The quantitative estimate of drug-likeness (QED) is 0.570. The number of carbonyl (C=O) groups excluding carboxylic acids is 2. The van der Waals surface area contributed by atoms with Gasteiger partial charge in [-0.3, -0.25) is 14.6 Å². The number of urea groups is 1. The van der Waals surface area contributed by atoms with Crippen molar-refractivity contribution in [3.8, 4) is 0 Å². The third-order valence-corrected chi connectivity index (χ3v) is 4.78. The van der Waals surface area contributed by atoms with Crippen LogP contribution in [0.5, 0.6) is 0 Å². The van der Waals surface area contributed by atoms with Gasteiger partial charge in [-0.2, -0.15) is 0 Å². The molecule has 0 spiro atoms. The number of hydrogen-bond donors (Lipinski definition) is 3. The zero-order valence-electron chi connectivity index (χ0n) is 17.7. The summed E-state index contributed by atoms with van der Waals surface area (Å²) in [5.74, 6) is -0.317. The minimum Gasteiger partial charge on any atom is -0.348 e. The number of nitrogens with zero attached hydrogens (tertiary/aromatic N) is 2. The van der Waals surface area contributed by atoms with Crippen LogP contribution >= 0.6 is 0 Å². The third-order valence-electron chi connectivity index (χ3n) is 4.78. The number of aromatic nitrogens is 2. The SMILES string of the molecule is Cc1cccc(NC(=O)Nc2ccc(C)n(CC(=O)NC(C)c3cccnc3)c2=O)c1. The van der Waals surface area contributed by atoms with Crippen LogP contribution in [0, 0.1) is 13.8 Å². The van der Waals surface area contributed by atoms with E-state index >= 15 is 0 Å². The van der Waals surface area contributed by atoms with Crippen molar-refractivity contribution < 1.29 is 9.59 Å². The van der Waals surface area contributed by atoms with Gasteiger partial charge in [0.15, 0.2) is 0 Å². The molecule has 3 aromatic rings. The standard InChI is InChI=1S/C23H25N5O3/c1-15-6-4-8-19(12-15)26-23(31)27-20-10-9-16(2)28(22(20)30)14-21(29)25-17(3)18-7-5-11-24-13-18/h4-13,17H,14H2,1-3H3,(H,25,29)(H2,26,27,31). The van der Waals surface area contributed by atoms with Gasteiger partial charge >= 0.3 is 6.03 Å². The highest BCUT2D eigenvalue weighted by atomic mass is 16.2. The minimum atomic E-state index is -0.534. The van der Waals surface area contributed by atoms with E-state index in [0.717, 1.165) is 11.1 Å². The molecule has 3 rings (SSSR count). The molecule has 0 bridgehead atoms. The molecule has 0 aliphatic heterocycles. The Morgan fingerprint density at radius 1 is 1.06 bits per heavy atom. The predicted octanol–water partition coefficient (Wildman–Crippen LogP) is 3.38. The van der Waals surface area contributed by atoms with Crippen LogP contribution < -0.4 is 21.5 Å². The van der Waals surface area contributed by atoms with Gasteiger partial charge in [-0.15, -0.1) is 0 Å². The average Bonchev–Trinajstić information content (AvgIpc) is 2.74. The van der Waals surface area contributed by atoms with Crippen molar-refractivity contribution in [3.05, 3.63) is 88.1 Å². The van der Waals surface area contributed by atoms with Crippen molar-refractivity contribution >= 4 is 23.3 Å². The van der Waals surface area contributed by atoms with E-state index in [9.17, 15) is 14.4 Å². The smallest absolute Gasteiger partial charge is 0.323 e. The Labute approximate surface area is 180 Å². The number of nitrogens with one attached hydrogen (secondary N) is 3. The topological polar surface area (TPSA) is 105 Å². The number of hydrogen-bond acceptors (Lipinski definition) is 4. The molecule has 31 heavy (non-hydrogen) atoms. The Hall–Kier alpha value is -3.94. The maximum atomic E-state index is 12.9. The van der Waals surface area contributed by atoms with Crippen molar-refractivity contribution in [2.75, 3.05) is 10.6 Å². The van der Waals surface area contributed by atoms with E-state index in [2.05, 4.69) is 20.9 Å². The fraction of sp³-hybridized carbons (Fsp3) is 0.217. The van der Waals surface area contributed by atoms with Crippen LogP contribution in [0.2, 0.25) is 0 Å². The molecule has 3 N–H and O–H groups in total. The lowest BCUT2D eigenvalue weighted by Crippen LogP contribution is -2.36. The first-order valence-corrected chi connectivity index (χ1v) is 9.88.